The molecular weight excluding hydrogens is 248 g/mol. The summed E-state index contributed by atoms with van der Waals surface area (Å²) in [5.41, 5.74) is 5.44. The number of rotatable bonds is 6. The number of amides is 1. The smallest absolute Gasteiger partial charge is 0.387 e. The molecule has 2 N–H and O–H groups in total. The summed E-state index contributed by atoms with van der Waals surface area (Å²) in [5, 5.41) is 0. The summed E-state index contributed by atoms with van der Waals surface area (Å²) in [7, 11) is 2.64. The number of nitrogens with two attached hydrogens (primary N) is 1. The average Bonchev–Trinajstić information content (AvgIpc) is 2.26. The van der Waals surface area contributed by atoms with Crippen molar-refractivity contribution in [2.24, 2.45) is 5.73 Å². The summed E-state index contributed by atoms with van der Waals surface area (Å²) >= 11 is 0. The highest BCUT2D eigenvalue weighted by atomic mass is 19.3. The van der Waals surface area contributed by atoms with Crippen molar-refractivity contribution >= 4 is 5.91 Å². The van der Waals surface area contributed by atoms with E-state index in [1.807, 2.05) is 0 Å². The van der Waals surface area contributed by atoms with E-state index in [1.54, 1.807) is 0 Å². The van der Waals surface area contributed by atoms with Gasteiger partial charge in [-0.25, -0.2) is 0 Å². The zero-order valence-corrected chi connectivity index (χ0v) is 9.91. The summed E-state index contributed by atoms with van der Waals surface area (Å²) in [6.07, 6.45) is -0.111. The molecule has 0 aliphatic carbocycles. The van der Waals surface area contributed by atoms with Crippen LogP contribution in [0.25, 0.3) is 0 Å². The first-order chi connectivity index (χ1) is 8.47. The van der Waals surface area contributed by atoms with Crippen LogP contribution >= 0.6 is 0 Å². The lowest BCUT2D eigenvalue weighted by molar-refractivity contribution is -0.117. The van der Waals surface area contributed by atoms with E-state index in [0.717, 1.165) is 0 Å². The number of carbonyl (C=O) groups excluding carboxylic acids is 1. The lowest BCUT2D eigenvalue weighted by atomic mass is 10.1. The number of alkyl halides is 2. The minimum Gasteiger partial charge on any atom is -0.493 e. The number of ether oxygens (including phenoxy) is 3. The van der Waals surface area contributed by atoms with Crippen molar-refractivity contribution < 1.29 is 27.8 Å². The molecule has 0 atom stereocenters. The van der Waals surface area contributed by atoms with Crippen LogP contribution in [0.15, 0.2) is 12.1 Å². The van der Waals surface area contributed by atoms with Crippen LogP contribution in [0.2, 0.25) is 0 Å². The van der Waals surface area contributed by atoms with Crippen LogP contribution in [0.5, 0.6) is 17.2 Å². The van der Waals surface area contributed by atoms with Crippen LogP contribution in [0.3, 0.4) is 0 Å². The topological polar surface area (TPSA) is 70.8 Å². The van der Waals surface area contributed by atoms with E-state index >= 15 is 0 Å². The number of primary amides is 1. The molecule has 0 bridgehead atoms. The van der Waals surface area contributed by atoms with Crippen LogP contribution in [-0.2, 0) is 11.2 Å². The monoisotopic (exact) mass is 261 g/mol. The van der Waals surface area contributed by atoms with E-state index in [0.29, 0.717) is 5.56 Å². The molecule has 1 aromatic carbocycles. The van der Waals surface area contributed by atoms with Crippen LogP contribution in [0, 0.1) is 0 Å². The van der Waals surface area contributed by atoms with Crippen LogP contribution in [0.4, 0.5) is 8.78 Å². The maximum Gasteiger partial charge on any atom is 0.387 e. The van der Waals surface area contributed by atoms with Gasteiger partial charge in [0, 0.05) is 0 Å². The molecule has 1 aromatic rings. The number of hydrogen-bond donors (Lipinski definition) is 1. The molecule has 18 heavy (non-hydrogen) atoms. The molecule has 0 saturated carbocycles. The molecule has 0 radical (unpaired) electrons. The molecular formula is C11H13F2NO4. The highest BCUT2D eigenvalue weighted by molar-refractivity contribution is 5.77. The fourth-order valence-corrected chi connectivity index (χ4v) is 1.47. The van der Waals surface area contributed by atoms with Crippen molar-refractivity contribution in [3.63, 3.8) is 0 Å². The van der Waals surface area contributed by atoms with Gasteiger partial charge in [0.2, 0.25) is 11.7 Å². The fraction of sp³-hybridized carbons (Fsp3) is 0.364. The molecule has 1 rings (SSSR count). The molecule has 0 spiro atoms. The third kappa shape index (κ3) is 3.47. The predicted molar refractivity (Wildman–Crippen MR) is 59.1 cm³/mol. The maximum absolute atomic E-state index is 12.3. The number of carbonyl (C=O) groups is 1. The fourth-order valence-electron chi connectivity index (χ4n) is 1.47. The Balaban J connectivity index is 3.21. The quantitative estimate of drug-likeness (QED) is 0.838. The second-order valence-corrected chi connectivity index (χ2v) is 3.35. The molecule has 5 nitrogen and oxygen atoms in total. The van der Waals surface area contributed by atoms with Gasteiger partial charge in [-0.2, -0.15) is 8.78 Å². The van der Waals surface area contributed by atoms with E-state index in [1.165, 1.54) is 26.4 Å². The minimum atomic E-state index is -3.01. The average molecular weight is 261 g/mol. The SMILES string of the molecule is COc1cc(CC(N)=O)cc(OC(F)F)c1OC. The van der Waals surface area contributed by atoms with Crippen molar-refractivity contribution in [1.29, 1.82) is 0 Å². The number of halogens is 2. The zero-order valence-electron chi connectivity index (χ0n) is 9.91. The molecule has 0 aromatic heterocycles. The van der Waals surface area contributed by atoms with E-state index in [9.17, 15) is 13.6 Å². The maximum atomic E-state index is 12.3. The number of benzene rings is 1. The second-order valence-electron chi connectivity index (χ2n) is 3.35. The first kappa shape index (κ1) is 14.0. The number of hydrogen-bond acceptors (Lipinski definition) is 4. The normalized spacial score (nSPS) is 10.3. The van der Waals surface area contributed by atoms with E-state index < -0.39 is 12.5 Å². The van der Waals surface area contributed by atoms with Gasteiger partial charge in [-0.1, -0.05) is 0 Å². The molecule has 0 saturated heterocycles. The Kier molecular flexibility index (Phi) is 4.70. The lowest BCUT2D eigenvalue weighted by Gasteiger charge is -2.14. The third-order valence-corrected chi connectivity index (χ3v) is 2.10. The summed E-state index contributed by atoms with van der Waals surface area (Å²) in [4.78, 5) is 10.8. The summed E-state index contributed by atoms with van der Waals surface area (Å²) in [6.45, 7) is -3.01. The Morgan fingerprint density at radius 2 is 1.89 bits per heavy atom. The van der Waals surface area contributed by atoms with Gasteiger partial charge >= 0.3 is 6.61 Å². The molecule has 1 amide bonds. The molecule has 100 valence electrons. The molecule has 0 unspecified atom stereocenters. The van der Waals surface area contributed by atoms with E-state index in [2.05, 4.69) is 4.74 Å². The lowest BCUT2D eigenvalue weighted by Crippen LogP contribution is -2.14. The molecule has 0 fully saturated rings. The van der Waals surface area contributed by atoms with Crippen molar-refractivity contribution in [1.82, 2.24) is 0 Å². The molecule has 0 heterocycles. The Morgan fingerprint density at radius 3 is 2.33 bits per heavy atom. The Bertz CT molecular complexity index is 437. The van der Waals surface area contributed by atoms with E-state index in [4.69, 9.17) is 15.2 Å². The highest BCUT2D eigenvalue weighted by Gasteiger charge is 2.17. The van der Waals surface area contributed by atoms with Crippen LogP contribution in [-0.4, -0.2) is 26.7 Å². The van der Waals surface area contributed by atoms with Gasteiger partial charge in [-0.05, 0) is 17.7 Å². The van der Waals surface area contributed by atoms with Gasteiger partial charge in [-0.3, -0.25) is 4.79 Å². The summed E-state index contributed by atoms with van der Waals surface area (Å²) in [5.74, 6) is -0.578. The zero-order chi connectivity index (χ0) is 13.7. The van der Waals surface area contributed by atoms with Crippen molar-refractivity contribution in [3.8, 4) is 17.2 Å². The van der Waals surface area contributed by atoms with Gasteiger partial charge < -0.3 is 19.9 Å². The second kappa shape index (κ2) is 6.04. The summed E-state index contributed by atoms with van der Waals surface area (Å²) < 4.78 is 38.7. The Labute approximate surface area is 102 Å². The largest absolute Gasteiger partial charge is 0.493 e. The van der Waals surface area contributed by atoms with Crippen molar-refractivity contribution in [2.75, 3.05) is 14.2 Å². The first-order valence-electron chi connectivity index (χ1n) is 4.96. The van der Waals surface area contributed by atoms with Crippen LogP contribution < -0.4 is 19.9 Å². The predicted octanol–water partition coefficient (Wildman–Crippen LogP) is 1.33. The third-order valence-electron chi connectivity index (χ3n) is 2.10. The van der Waals surface area contributed by atoms with Gasteiger partial charge in [-0.15, -0.1) is 0 Å². The van der Waals surface area contributed by atoms with Crippen LogP contribution in [0.1, 0.15) is 5.56 Å². The molecule has 0 aliphatic heterocycles. The van der Waals surface area contributed by atoms with E-state index in [-0.39, 0.29) is 23.7 Å². The Hall–Kier alpha value is -2.05. The van der Waals surface area contributed by atoms with Gasteiger partial charge in [0.25, 0.3) is 0 Å². The highest BCUT2D eigenvalue weighted by Crippen LogP contribution is 2.39. The molecule has 0 aliphatic rings. The van der Waals surface area contributed by atoms with Gasteiger partial charge in [0.05, 0.1) is 20.6 Å². The molecule has 7 heteroatoms. The van der Waals surface area contributed by atoms with Crippen molar-refractivity contribution in [2.45, 2.75) is 13.0 Å². The number of methoxy groups -OCH3 is 2. The van der Waals surface area contributed by atoms with Crippen molar-refractivity contribution in [3.05, 3.63) is 17.7 Å². The first-order valence-corrected chi connectivity index (χ1v) is 4.96. The standard InChI is InChI=1S/C11H13F2NO4/c1-16-7-3-6(5-9(14)15)4-8(10(7)17-2)18-11(12)13/h3-4,11H,5H2,1-2H3,(H2,14,15). The van der Waals surface area contributed by atoms with Gasteiger partial charge in [0.15, 0.2) is 11.5 Å². The summed E-state index contributed by atoms with van der Waals surface area (Å²) in [6, 6.07) is 2.74. The van der Waals surface area contributed by atoms with Gasteiger partial charge in [0.1, 0.15) is 0 Å². The minimum absolute atomic E-state index is 0.0334. The Morgan fingerprint density at radius 1 is 1.28 bits per heavy atom.